The summed E-state index contributed by atoms with van der Waals surface area (Å²) in [5.41, 5.74) is 2.48. The van der Waals surface area contributed by atoms with E-state index in [0.29, 0.717) is 58.5 Å². The summed E-state index contributed by atoms with van der Waals surface area (Å²) in [6.45, 7) is 42.7. The van der Waals surface area contributed by atoms with Crippen molar-refractivity contribution in [1.29, 1.82) is 0 Å². The van der Waals surface area contributed by atoms with Crippen LogP contribution in [0.3, 0.4) is 0 Å². The number of carbonyl (C=O) groups excluding carboxylic acids is 2. The molecular formula is C64H92BBrN16O10. The lowest BCUT2D eigenvalue weighted by Crippen LogP contribution is -2.59. The number of nitrogens with zero attached hydrogens (tertiary/aromatic N) is 14. The van der Waals surface area contributed by atoms with Gasteiger partial charge in [-0.2, -0.15) is 10.2 Å². The third-order valence-electron chi connectivity index (χ3n) is 18.0. The number of piperazine rings is 4. The van der Waals surface area contributed by atoms with Crippen molar-refractivity contribution in [1.82, 2.24) is 59.8 Å². The van der Waals surface area contributed by atoms with Crippen LogP contribution < -0.4 is 15.3 Å². The fraction of sp³-hybridized carbons (Fsp3) is 0.594. The highest BCUT2D eigenvalue weighted by Gasteiger charge is 2.52. The van der Waals surface area contributed by atoms with Gasteiger partial charge in [0.1, 0.15) is 33.1 Å². The molecule has 0 bridgehead atoms. The van der Waals surface area contributed by atoms with E-state index in [4.69, 9.17) is 23.8 Å². The van der Waals surface area contributed by atoms with Crippen LogP contribution in [-0.2, 0) is 18.8 Å². The molecule has 9 heterocycles. The molecule has 498 valence electrons. The molecule has 28 heteroatoms. The summed E-state index contributed by atoms with van der Waals surface area (Å²) in [7, 11) is -0.381. The maximum atomic E-state index is 12.4. The summed E-state index contributed by atoms with van der Waals surface area (Å²) in [5.74, 6) is 1.86. The smallest absolute Gasteiger partial charge is 0.444 e. The van der Waals surface area contributed by atoms with Crippen molar-refractivity contribution in [3.05, 3.63) is 97.9 Å². The van der Waals surface area contributed by atoms with E-state index >= 15 is 0 Å². The third-order valence-corrected chi connectivity index (χ3v) is 18.6. The number of hydrogen-bond acceptors (Lipinski definition) is 20. The Morgan fingerprint density at radius 1 is 0.609 bits per heavy atom. The van der Waals surface area contributed by atoms with Crippen LogP contribution in [0.15, 0.2) is 77.7 Å². The van der Waals surface area contributed by atoms with Gasteiger partial charge in [-0.25, -0.2) is 19.6 Å². The molecule has 4 atom stereocenters. The number of amides is 2. The summed E-state index contributed by atoms with van der Waals surface area (Å²) < 4.78 is 24.3. The number of rotatable bonds is 12. The summed E-state index contributed by atoms with van der Waals surface area (Å²) >= 11 is 3.21. The second kappa shape index (κ2) is 28.7. The Labute approximate surface area is 548 Å². The van der Waals surface area contributed by atoms with Crippen molar-refractivity contribution in [3.8, 4) is 11.3 Å². The van der Waals surface area contributed by atoms with Crippen LogP contribution in [0.5, 0.6) is 0 Å². The maximum Gasteiger partial charge on any atom is 0.495 e. The summed E-state index contributed by atoms with van der Waals surface area (Å²) in [4.78, 5) is 73.4. The number of fused-ring (bicyclic) bond motifs is 2. The number of non-ortho nitro benzene ring substituents is 2. The number of nitro groups is 2. The predicted octanol–water partition coefficient (Wildman–Crippen LogP) is 9.05. The van der Waals surface area contributed by atoms with Crippen molar-refractivity contribution >= 4 is 85.5 Å². The Morgan fingerprint density at radius 3 is 1.52 bits per heavy atom. The third kappa shape index (κ3) is 17.2. The van der Waals surface area contributed by atoms with Crippen LogP contribution in [0, 0.1) is 20.2 Å². The number of halogens is 1. The molecule has 2 N–H and O–H groups in total. The van der Waals surface area contributed by atoms with E-state index in [1.807, 2.05) is 70.8 Å². The van der Waals surface area contributed by atoms with Gasteiger partial charge in [0.15, 0.2) is 0 Å². The maximum absolute atomic E-state index is 12.4. The fourth-order valence-corrected chi connectivity index (χ4v) is 12.7. The second-order valence-electron chi connectivity index (χ2n) is 27.8. The number of benzene rings is 2. The summed E-state index contributed by atoms with van der Waals surface area (Å²) in [5, 5.41) is 37.2. The zero-order valence-corrected chi connectivity index (χ0v) is 57.4. The molecule has 0 saturated carbocycles. The number of anilines is 2. The van der Waals surface area contributed by atoms with E-state index < -0.39 is 16.1 Å². The predicted molar refractivity (Wildman–Crippen MR) is 361 cm³/mol. The van der Waals surface area contributed by atoms with E-state index in [9.17, 15) is 29.8 Å². The number of aromatic nitrogens is 6. The van der Waals surface area contributed by atoms with Gasteiger partial charge < -0.3 is 38.4 Å². The molecule has 26 nitrogen and oxygen atoms in total. The minimum atomic E-state index is -0.476. The van der Waals surface area contributed by atoms with Crippen LogP contribution in [0.25, 0.3) is 33.1 Å². The standard InChI is InChI=1S/C29H40N8O4.C28H48BN5O4.C7H4BrN3O2/c1-20-18-35(19-21(2)36(20)15-12-33-10-13-34(14-11-33)28(38)41-29(3,4)5)26-16-22(8-9-30-26)27-24-17-23(37(39)40)6-7-25(24)31-32-27;1-21-19-33(24-18-23(10-11-30-24)29-37-27(6,7)28(8,9)38-29)20-22(2)34(21)17-14-31-12-15-32(16-13-31)25(35)36-26(3,4)5;8-7-5-3-4(11(12)13)1-2-6(5)9-10-7/h6-9,16-17,20-21H,10-15,18-19H2,1-5H3,(H,31,32);10-11,18,21-22H,12-17,19-20H2,1-9H3;1-3H,(H,9,10)/t20-,21+;21-,22+;. The molecule has 0 unspecified atom stereocenters. The van der Waals surface area contributed by atoms with Crippen molar-refractivity contribution in [2.45, 2.75) is 144 Å². The quantitative estimate of drug-likeness (QED) is 0.0657. The number of nitro benzene ring substituents is 2. The average molecular weight is 1340 g/mol. The number of hydrogen-bond donors (Lipinski definition) is 2. The number of ether oxygens (including phenoxy) is 2. The molecule has 2 aromatic carbocycles. The average Bonchev–Trinajstić information content (AvgIpc) is 1.64. The first-order chi connectivity index (χ1) is 43.3. The minimum absolute atomic E-state index is 0.0399. The van der Waals surface area contributed by atoms with Crippen molar-refractivity contribution in [2.24, 2.45) is 0 Å². The van der Waals surface area contributed by atoms with E-state index in [-0.39, 0.29) is 46.8 Å². The van der Waals surface area contributed by atoms with Gasteiger partial charge in [-0.3, -0.25) is 50.0 Å². The normalized spacial score (nSPS) is 21.8. The topological polar surface area (TPSA) is 266 Å². The van der Waals surface area contributed by atoms with Gasteiger partial charge in [-0.1, -0.05) is 0 Å². The molecule has 6 aromatic rings. The summed E-state index contributed by atoms with van der Waals surface area (Å²) in [6.07, 6.45) is 3.22. The van der Waals surface area contributed by atoms with Gasteiger partial charge in [-0.15, -0.1) is 0 Å². The van der Waals surface area contributed by atoms with Gasteiger partial charge in [0.2, 0.25) is 0 Å². The number of nitrogens with one attached hydrogen (secondary N) is 2. The number of carbonyl (C=O) groups is 2. The van der Waals surface area contributed by atoms with Gasteiger partial charge in [0.05, 0.1) is 32.1 Å². The van der Waals surface area contributed by atoms with Gasteiger partial charge in [0.25, 0.3) is 11.4 Å². The Balaban J connectivity index is 0.000000182. The molecule has 0 radical (unpaired) electrons. The zero-order valence-electron chi connectivity index (χ0n) is 55.9. The van der Waals surface area contributed by atoms with Crippen LogP contribution in [0.4, 0.5) is 32.6 Å². The highest BCUT2D eigenvalue weighted by molar-refractivity contribution is 9.10. The molecule has 2 amide bonds. The monoisotopic (exact) mass is 1330 g/mol. The Morgan fingerprint density at radius 2 is 1.05 bits per heavy atom. The first kappa shape index (κ1) is 69.3. The largest absolute Gasteiger partial charge is 0.495 e. The first-order valence-corrected chi connectivity index (χ1v) is 32.7. The highest BCUT2D eigenvalue weighted by atomic mass is 79.9. The SMILES string of the molecule is C[C@@H]1CN(c2cc(-c3n[nH]c4ccc([N+](=O)[O-])cc34)ccn2)C[C@H](C)N1CCN1CCN(C(=O)OC(C)(C)C)CC1.C[C@@H]1CN(c2cc(B3OC(C)(C)C(C)(C)O3)ccn2)C[C@H](C)N1CCN1CCN(C(=O)OC(C)(C)C)CC1.O=[N+]([O-])c1ccc2n[nH]c(Br)c2c1. The number of H-pyrrole nitrogens is 2. The summed E-state index contributed by atoms with van der Waals surface area (Å²) in [6, 6.07) is 18.8. The molecule has 5 fully saturated rings. The molecule has 92 heavy (non-hydrogen) atoms. The van der Waals surface area contributed by atoms with E-state index in [1.54, 1.807) is 29.3 Å². The van der Waals surface area contributed by atoms with Crippen molar-refractivity contribution < 1.29 is 38.2 Å². The van der Waals surface area contributed by atoms with E-state index in [0.717, 1.165) is 125 Å². The van der Waals surface area contributed by atoms with Gasteiger partial charge >= 0.3 is 19.3 Å². The number of aromatic amines is 2. The van der Waals surface area contributed by atoms with Gasteiger partial charge in [0, 0.05) is 182 Å². The van der Waals surface area contributed by atoms with E-state index in [2.05, 4.69) is 132 Å². The Hall–Kier alpha value is -7.08. The molecule has 5 aliphatic heterocycles. The molecule has 11 rings (SSSR count). The lowest BCUT2D eigenvalue weighted by molar-refractivity contribution is -0.384. The molecule has 4 aromatic heterocycles. The number of pyridine rings is 2. The van der Waals surface area contributed by atoms with Crippen LogP contribution in [0.1, 0.15) is 96.9 Å². The Bertz CT molecular complexity index is 3500. The first-order valence-electron chi connectivity index (χ1n) is 31.9. The fourth-order valence-electron chi connectivity index (χ4n) is 12.3. The molecule has 0 aliphatic carbocycles. The lowest BCUT2D eigenvalue weighted by atomic mass is 9.79. The molecule has 5 saturated heterocycles. The Kier molecular flexibility index (Phi) is 21.6. The van der Waals surface area contributed by atoms with Crippen molar-refractivity contribution in [3.63, 3.8) is 0 Å². The van der Waals surface area contributed by atoms with Gasteiger partial charge in [-0.05, 0) is 155 Å². The van der Waals surface area contributed by atoms with Crippen LogP contribution in [0.2, 0.25) is 0 Å². The lowest BCUT2D eigenvalue weighted by Gasteiger charge is -2.46. The molecule has 0 spiro atoms. The van der Waals surface area contributed by atoms with E-state index in [1.165, 1.54) is 18.2 Å². The molecular weight excluding hydrogens is 1240 g/mol. The highest BCUT2D eigenvalue weighted by Crippen LogP contribution is 2.37. The molecule has 5 aliphatic rings. The van der Waals surface area contributed by atoms with Crippen LogP contribution in [-0.4, -0.2) is 240 Å². The minimum Gasteiger partial charge on any atom is -0.444 e. The second-order valence-corrected chi connectivity index (χ2v) is 28.6. The van der Waals surface area contributed by atoms with Crippen molar-refractivity contribution in [2.75, 3.05) is 115 Å². The zero-order chi connectivity index (χ0) is 66.6. The van der Waals surface area contributed by atoms with Crippen LogP contribution >= 0.6 is 15.9 Å².